The second-order valence-electron chi connectivity index (χ2n) is 7.03. The Morgan fingerprint density at radius 1 is 1.21 bits per heavy atom. The first kappa shape index (κ1) is 21.0. The van der Waals surface area contributed by atoms with Crippen LogP contribution in [-0.2, 0) is 20.6 Å². The zero-order chi connectivity index (χ0) is 20.3. The van der Waals surface area contributed by atoms with E-state index in [0.717, 1.165) is 11.1 Å². The van der Waals surface area contributed by atoms with Crippen LogP contribution in [0.5, 0.6) is 0 Å². The first-order valence-corrected chi connectivity index (χ1v) is 11.4. The fourth-order valence-electron chi connectivity index (χ4n) is 3.33. The van der Waals surface area contributed by atoms with Gasteiger partial charge in [0.05, 0.1) is 11.4 Å². The highest BCUT2D eigenvalue weighted by Gasteiger charge is 2.31. The van der Waals surface area contributed by atoms with Crippen LogP contribution in [0, 0.1) is 18.7 Å². The van der Waals surface area contributed by atoms with Crippen molar-refractivity contribution in [1.29, 1.82) is 0 Å². The maximum Gasteiger partial charge on any atom is 0.227 e. The molecule has 0 bridgehead atoms. The molecule has 1 saturated heterocycles. The highest BCUT2D eigenvalue weighted by molar-refractivity contribution is 9.10. The number of sulfonamides is 1. The minimum atomic E-state index is -3.44. The maximum atomic E-state index is 13.9. The number of benzene rings is 2. The van der Waals surface area contributed by atoms with E-state index in [2.05, 4.69) is 21.2 Å². The molecule has 28 heavy (non-hydrogen) atoms. The lowest BCUT2D eigenvalue weighted by molar-refractivity contribution is -0.120. The third-order valence-electron chi connectivity index (χ3n) is 4.84. The van der Waals surface area contributed by atoms with Crippen LogP contribution >= 0.6 is 15.9 Å². The molecule has 150 valence electrons. The minimum absolute atomic E-state index is 0.0460. The highest BCUT2D eigenvalue weighted by atomic mass is 79.9. The molecule has 0 saturated carbocycles. The molecule has 1 N–H and O–H groups in total. The van der Waals surface area contributed by atoms with Crippen molar-refractivity contribution >= 4 is 37.5 Å². The van der Waals surface area contributed by atoms with Gasteiger partial charge in [0.2, 0.25) is 15.9 Å². The summed E-state index contributed by atoms with van der Waals surface area (Å²) < 4.78 is 41.3. The molecule has 8 heteroatoms. The molecule has 0 radical (unpaired) electrons. The van der Waals surface area contributed by atoms with E-state index in [1.165, 1.54) is 16.4 Å². The summed E-state index contributed by atoms with van der Waals surface area (Å²) in [4.78, 5) is 12.4. The lowest BCUT2D eigenvalue weighted by Gasteiger charge is -2.30. The van der Waals surface area contributed by atoms with Crippen LogP contribution in [0.25, 0.3) is 0 Å². The normalized spacial score (nSPS) is 16.1. The number of nitrogens with zero attached hydrogens (tertiary/aromatic N) is 1. The van der Waals surface area contributed by atoms with Crippen LogP contribution in [0.2, 0.25) is 0 Å². The molecule has 0 aromatic heterocycles. The fraction of sp³-hybridized carbons (Fsp3) is 0.350. The van der Waals surface area contributed by atoms with E-state index in [1.54, 1.807) is 12.1 Å². The van der Waals surface area contributed by atoms with E-state index in [-0.39, 0.29) is 36.4 Å². The molecule has 3 rings (SSSR count). The van der Waals surface area contributed by atoms with Gasteiger partial charge in [-0.2, -0.15) is 0 Å². The molecule has 0 spiro atoms. The van der Waals surface area contributed by atoms with Crippen molar-refractivity contribution in [3.8, 4) is 0 Å². The maximum absolute atomic E-state index is 13.9. The molecule has 1 fully saturated rings. The Kier molecular flexibility index (Phi) is 6.52. The summed E-state index contributed by atoms with van der Waals surface area (Å²) in [7, 11) is -3.44. The molecule has 0 unspecified atom stereocenters. The van der Waals surface area contributed by atoms with Crippen LogP contribution in [0.3, 0.4) is 0 Å². The van der Waals surface area contributed by atoms with Crippen molar-refractivity contribution in [2.75, 3.05) is 18.4 Å². The van der Waals surface area contributed by atoms with E-state index in [9.17, 15) is 17.6 Å². The van der Waals surface area contributed by atoms with Crippen molar-refractivity contribution in [3.05, 3.63) is 63.9 Å². The number of carbonyl (C=O) groups is 1. The average molecular weight is 469 g/mol. The first-order valence-electron chi connectivity index (χ1n) is 9.04. The number of anilines is 1. The van der Waals surface area contributed by atoms with Crippen LogP contribution in [0.15, 0.2) is 46.9 Å². The topological polar surface area (TPSA) is 66.5 Å². The predicted octanol–water partition coefficient (Wildman–Crippen LogP) is 4.08. The third-order valence-corrected chi connectivity index (χ3v) is 7.18. The predicted molar refractivity (Wildman–Crippen MR) is 111 cm³/mol. The number of hydrogen-bond donors (Lipinski definition) is 1. The second-order valence-corrected chi connectivity index (χ2v) is 9.92. The molecule has 1 amide bonds. The average Bonchev–Trinajstić information content (AvgIpc) is 2.64. The van der Waals surface area contributed by atoms with Gasteiger partial charge in [-0.1, -0.05) is 45.8 Å². The smallest absolute Gasteiger partial charge is 0.227 e. The molecule has 2 aromatic carbocycles. The van der Waals surface area contributed by atoms with Crippen molar-refractivity contribution in [2.45, 2.75) is 25.5 Å². The van der Waals surface area contributed by atoms with Crippen molar-refractivity contribution in [3.63, 3.8) is 0 Å². The number of piperidine rings is 1. The lowest BCUT2D eigenvalue weighted by atomic mass is 9.97. The van der Waals surface area contributed by atoms with E-state index in [1.807, 2.05) is 25.1 Å². The molecular formula is C20H22BrFN2O3S. The van der Waals surface area contributed by atoms with Gasteiger partial charge in [0.1, 0.15) is 5.82 Å². The van der Waals surface area contributed by atoms with Gasteiger partial charge < -0.3 is 5.32 Å². The molecule has 1 heterocycles. The molecule has 2 aromatic rings. The quantitative estimate of drug-likeness (QED) is 0.718. The Morgan fingerprint density at radius 2 is 1.93 bits per heavy atom. The van der Waals surface area contributed by atoms with E-state index in [0.29, 0.717) is 17.3 Å². The minimum Gasteiger partial charge on any atom is -0.323 e. The number of rotatable bonds is 5. The number of nitrogens with one attached hydrogen (secondary N) is 1. The van der Waals surface area contributed by atoms with Gasteiger partial charge in [0.15, 0.2) is 0 Å². The molecule has 1 aliphatic heterocycles. The van der Waals surface area contributed by atoms with Crippen LogP contribution < -0.4 is 5.32 Å². The summed E-state index contributed by atoms with van der Waals surface area (Å²) in [5, 5.41) is 2.60. The number of carbonyl (C=O) groups excluding carboxylic acids is 1. The van der Waals surface area contributed by atoms with Crippen LogP contribution in [0.1, 0.15) is 24.0 Å². The number of amides is 1. The summed E-state index contributed by atoms with van der Waals surface area (Å²) in [6.07, 6.45) is 0.827. The summed E-state index contributed by atoms with van der Waals surface area (Å²) in [6, 6.07) is 11.9. The van der Waals surface area contributed by atoms with Crippen molar-refractivity contribution in [1.82, 2.24) is 4.31 Å². The van der Waals surface area contributed by atoms with Crippen molar-refractivity contribution in [2.24, 2.45) is 5.92 Å². The Bertz CT molecular complexity index is 973. The molecular weight excluding hydrogens is 447 g/mol. The second kappa shape index (κ2) is 8.71. The Labute approximate surface area is 173 Å². The van der Waals surface area contributed by atoms with Crippen LogP contribution in [0.4, 0.5) is 10.1 Å². The fourth-order valence-corrected chi connectivity index (χ4v) is 5.21. The standard InChI is InChI=1S/C20H22BrFN2O3S/c1-14-3-2-4-15(11-14)13-28(26,27)24-9-7-16(8-10-24)20(25)23-19-6-5-17(21)12-18(19)22/h2-6,11-12,16H,7-10,13H2,1H3,(H,23,25). The lowest BCUT2D eigenvalue weighted by Crippen LogP contribution is -2.41. The van der Waals surface area contributed by atoms with Gasteiger partial charge in [-0.3, -0.25) is 4.79 Å². The Morgan fingerprint density at radius 3 is 2.57 bits per heavy atom. The summed E-state index contributed by atoms with van der Waals surface area (Å²) in [6.45, 7) is 2.50. The molecule has 0 atom stereocenters. The van der Waals surface area contributed by atoms with Gasteiger partial charge in [-0.05, 0) is 43.5 Å². The number of halogens is 2. The van der Waals surface area contributed by atoms with Crippen LogP contribution in [-0.4, -0.2) is 31.7 Å². The number of aryl methyl sites for hydroxylation is 1. The highest BCUT2D eigenvalue weighted by Crippen LogP contribution is 2.25. The van der Waals surface area contributed by atoms with E-state index >= 15 is 0 Å². The monoisotopic (exact) mass is 468 g/mol. The Hall–Kier alpha value is -1.77. The van der Waals surface area contributed by atoms with Gasteiger partial charge in [-0.15, -0.1) is 0 Å². The molecule has 5 nitrogen and oxygen atoms in total. The first-order chi connectivity index (χ1) is 13.2. The zero-order valence-corrected chi connectivity index (χ0v) is 17.9. The summed E-state index contributed by atoms with van der Waals surface area (Å²) >= 11 is 3.18. The third kappa shape index (κ3) is 5.18. The Balaban J connectivity index is 1.58. The summed E-state index contributed by atoms with van der Waals surface area (Å²) in [5.41, 5.74) is 1.90. The van der Waals surface area contributed by atoms with Gasteiger partial charge >= 0.3 is 0 Å². The van der Waals surface area contributed by atoms with E-state index < -0.39 is 15.8 Å². The number of hydrogen-bond acceptors (Lipinski definition) is 3. The summed E-state index contributed by atoms with van der Waals surface area (Å²) in [5.74, 6) is -1.18. The zero-order valence-electron chi connectivity index (χ0n) is 15.5. The van der Waals surface area contributed by atoms with Gasteiger partial charge in [-0.25, -0.2) is 17.1 Å². The van der Waals surface area contributed by atoms with E-state index in [4.69, 9.17) is 0 Å². The van der Waals surface area contributed by atoms with Crippen molar-refractivity contribution < 1.29 is 17.6 Å². The molecule has 0 aliphatic carbocycles. The molecule has 1 aliphatic rings. The SMILES string of the molecule is Cc1cccc(CS(=O)(=O)N2CCC(C(=O)Nc3ccc(Br)cc3F)CC2)c1. The largest absolute Gasteiger partial charge is 0.323 e. The van der Waals surface area contributed by atoms with Gasteiger partial charge in [0, 0.05) is 23.5 Å². The van der Waals surface area contributed by atoms with Gasteiger partial charge in [0.25, 0.3) is 0 Å².